The van der Waals surface area contributed by atoms with Crippen LogP contribution in [0.3, 0.4) is 0 Å². The van der Waals surface area contributed by atoms with Gasteiger partial charge in [0.05, 0.1) is 10.9 Å². The molecule has 1 N–H and O–H groups in total. The molecule has 1 amide bonds. The average Bonchev–Trinajstić information content (AvgIpc) is 2.63. The van der Waals surface area contributed by atoms with E-state index in [0.717, 1.165) is 12.1 Å². The minimum absolute atomic E-state index is 0.00632. The monoisotopic (exact) mass is 396 g/mol. The third-order valence-corrected chi connectivity index (χ3v) is 6.32. The van der Waals surface area contributed by atoms with Crippen LogP contribution in [0.15, 0.2) is 47.4 Å². The molecule has 1 unspecified atom stereocenters. The van der Waals surface area contributed by atoms with Crippen LogP contribution in [0.5, 0.6) is 0 Å². The number of hydrogen-bond donors (Lipinski definition) is 1. The molecular formula is C19H22F2N2O3S. The van der Waals surface area contributed by atoms with Gasteiger partial charge >= 0.3 is 0 Å². The van der Waals surface area contributed by atoms with Gasteiger partial charge in [-0.1, -0.05) is 12.1 Å². The Labute approximate surface area is 158 Å². The van der Waals surface area contributed by atoms with Crippen LogP contribution >= 0.6 is 0 Å². The maximum atomic E-state index is 13.4. The smallest absolute Gasteiger partial charge is 0.251 e. The number of nitrogens with zero attached hydrogens (tertiary/aromatic N) is 1. The molecule has 27 heavy (non-hydrogen) atoms. The topological polar surface area (TPSA) is 66.5 Å². The van der Waals surface area contributed by atoms with Gasteiger partial charge in [0.2, 0.25) is 10.0 Å². The molecule has 0 heterocycles. The van der Waals surface area contributed by atoms with Gasteiger partial charge in [-0.2, -0.15) is 4.31 Å². The van der Waals surface area contributed by atoms with E-state index in [0.29, 0.717) is 5.56 Å². The second kappa shape index (κ2) is 8.14. The van der Waals surface area contributed by atoms with Crippen molar-refractivity contribution >= 4 is 15.9 Å². The van der Waals surface area contributed by atoms with Crippen LogP contribution < -0.4 is 5.32 Å². The molecule has 0 spiro atoms. The fourth-order valence-corrected chi connectivity index (χ4v) is 3.80. The van der Waals surface area contributed by atoms with Crippen LogP contribution in [0.2, 0.25) is 0 Å². The van der Waals surface area contributed by atoms with E-state index in [4.69, 9.17) is 0 Å². The Hall–Kier alpha value is -2.32. The minimum Gasteiger partial charge on any atom is -0.346 e. The van der Waals surface area contributed by atoms with Crippen molar-refractivity contribution in [2.75, 3.05) is 7.05 Å². The van der Waals surface area contributed by atoms with Gasteiger partial charge in [0.15, 0.2) is 11.6 Å². The van der Waals surface area contributed by atoms with Crippen molar-refractivity contribution in [2.24, 2.45) is 0 Å². The lowest BCUT2D eigenvalue weighted by Gasteiger charge is -2.21. The molecule has 8 heteroatoms. The van der Waals surface area contributed by atoms with Gasteiger partial charge in [-0.15, -0.1) is 0 Å². The number of rotatable bonds is 6. The third kappa shape index (κ3) is 4.70. The molecule has 0 saturated heterocycles. The first kappa shape index (κ1) is 21.0. The Bertz CT molecular complexity index is 946. The van der Waals surface area contributed by atoms with E-state index in [1.807, 2.05) is 0 Å². The Balaban J connectivity index is 2.23. The van der Waals surface area contributed by atoms with Crippen molar-refractivity contribution in [1.82, 2.24) is 9.62 Å². The molecule has 2 rings (SSSR count). The van der Waals surface area contributed by atoms with Gasteiger partial charge in [0, 0.05) is 18.7 Å². The van der Waals surface area contributed by atoms with Crippen LogP contribution in [-0.4, -0.2) is 31.7 Å². The summed E-state index contributed by atoms with van der Waals surface area (Å²) < 4.78 is 52.8. The van der Waals surface area contributed by atoms with Crippen LogP contribution in [0.1, 0.15) is 42.7 Å². The molecule has 0 bridgehead atoms. The Morgan fingerprint density at radius 2 is 1.70 bits per heavy atom. The van der Waals surface area contributed by atoms with E-state index in [1.54, 1.807) is 20.8 Å². The number of carbonyl (C=O) groups excluding carboxylic acids is 1. The Morgan fingerprint density at radius 3 is 2.30 bits per heavy atom. The van der Waals surface area contributed by atoms with Crippen molar-refractivity contribution in [3.05, 3.63) is 65.2 Å². The SMILES string of the molecule is CC(NC(=O)c1cccc(S(=O)(=O)N(C)C(C)C)c1)c1ccc(F)c(F)c1. The number of halogens is 2. The van der Waals surface area contributed by atoms with Gasteiger partial charge < -0.3 is 5.32 Å². The van der Waals surface area contributed by atoms with E-state index in [1.165, 1.54) is 41.7 Å². The molecule has 0 aliphatic carbocycles. The highest BCUT2D eigenvalue weighted by Crippen LogP contribution is 2.20. The highest BCUT2D eigenvalue weighted by Gasteiger charge is 2.24. The first-order valence-electron chi connectivity index (χ1n) is 8.38. The zero-order valence-electron chi connectivity index (χ0n) is 15.5. The van der Waals surface area contributed by atoms with Gasteiger partial charge in [-0.3, -0.25) is 4.79 Å². The van der Waals surface area contributed by atoms with Gasteiger partial charge in [-0.25, -0.2) is 17.2 Å². The number of hydrogen-bond acceptors (Lipinski definition) is 3. The van der Waals surface area contributed by atoms with E-state index >= 15 is 0 Å². The molecule has 0 aliphatic rings. The number of sulfonamides is 1. The summed E-state index contributed by atoms with van der Waals surface area (Å²) in [6.45, 7) is 5.12. The quantitative estimate of drug-likeness (QED) is 0.813. The van der Waals surface area contributed by atoms with Gasteiger partial charge in [-0.05, 0) is 56.7 Å². The van der Waals surface area contributed by atoms with Gasteiger partial charge in [0.25, 0.3) is 5.91 Å². The van der Waals surface area contributed by atoms with Crippen molar-refractivity contribution in [3.63, 3.8) is 0 Å². The van der Waals surface area contributed by atoms with Gasteiger partial charge in [0.1, 0.15) is 0 Å². The predicted molar refractivity (Wildman–Crippen MR) is 98.8 cm³/mol. The zero-order valence-corrected chi connectivity index (χ0v) is 16.3. The van der Waals surface area contributed by atoms with Crippen LogP contribution in [-0.2, 0) is 10.0 Å². The second-order valence-corrected chi connectivity index (χ2v) is 8.51. The maximum absolute atomic E-state index is 13.4. The molecule has 146 valence electrons. The van der Waals surface area contributed by atoms with E-state index in [-0.39, 0.29) is 16.5 Å². The second-order valence-electron chi connectivity index (χ2n) is 6.51. The molecule has 0 fully saturated rings. The lowest BCUT2D eigenvalue weighted by Crippen LogP contribution is -2.33. The summed E-state index contributed by atoms with van der Waals surface area (Å²) in [7, 11) is -2.25. The van der Waals surface area contributed by atoms with E-state index in [9.17, 15) is 22.0 Å². The molecule has 0 saturated carbocycles. The summed E-state index contributed by atoms with van der Waals surface area (Å²) in [5.74, 6) is -2.49. The standard InChI is InChI=1S/C19H22F2N2O3S/c1-12(2)23(4)27(25,26)16-7-5-6-15(10-16)19(24)22-13(3)14-8-9-17(20)18(21)11-14/h5-13H,1-4H3,(H,22,24). The van der Waals surface area contributed by atoms with Crippen molar-refractivity contribution < 1.29 is 22.0 Å². The summed E-state index contributed by atoms with van der Waals surface area (Å²) in [6.07, 6.45) is 0. The summed E-state index contributed by atoms with van der Waals surface area (Å²) in [6, 6.07) is 8.24. The van der Waals surface area contributed by atoms with Crippen LogP contribution in [0, 0.1) is 11.6 Å². The highest BCUT2D eigenvalue weighted by atomic mass is 32.2. The van der Waals surface area contributed by atoms with Crippen molar-refractivity contribution in [1.29, 1.82) is 0 Å². The van der Waals surface area contributed by atoms with Crippen molar-refractivity contribution in [3.8, 4) is 0 Å². The first-order valence-corrected chi connectivity index (χ1v) is 9.82. The highest BCUT2D eigenvalue weighted by molar-refractivity contribution is 7.89. The van der Waals surface area contributed by atoms with Crippen molar-refractivity contribution in [2.45, 2.75) is 37.8 Å². The fourth-order valence-electron chi connectivity index (χ4n) is 2.39. The average molecular weight is 396 g/mol. The molecule has 1 atom stereocenters. The summed E-state index contributed by atoms with van der Waals surface area (Å²) in [5, 5.41) is 2.65. The Kier molecular flexibility index (Phi) is 6.33. The van der Waals surface area contributed by atoms with E-state index in [2.05, 4.69) is 5.32 Å². The largest absolute Gasteiger partial charge is 0.346 e. The summed E-state index contributed by atoms with van der Waals surface area (Å²) in [4.78, 5) is 12.5. The number of benzene rings is 2. The molecular weight excluding hydrogens is 374 g/mol. The molecule has 0 aliphatic heterocycles. The van der Waals surface area contributed by atoms with E-state index < -0.39 is 33.6 Å². The number of amides is 1. The lowest BCUT2D eigenvalue weighted by molar-refractivity contribution is 0.0939. The third-order valence-electron chi connectivity index (χ3n) is 4.29. The summed E-state index contributed by atoms with van der Waals surface area (Å²) >= 11 is 0. The molecule has 0 aromatic heterocycles. The summed E-state index contributed by atoms with van der Waals surface area (Å²) in [5.41, 5.74) is 0.549. The minimum atomic E-state index is -3.72. The van der Waals surface area contributed by atoms with Crippen LogP contribution in [0.4, 0.5) is 8.78 Å². The number of nitrogens with one attached hydrogen (secondary N) is 1. The number of carbonyl (C=O) groups is 1. The lowest BCUT2D eigenvalue weighted by atomic mass is 10.1. The first-order chi connectivity index (χ1) is 12.5. The Morgan fingerprint density at radius 1 is 1.04 bits per heavy atom. The molecule has 0 radical (unpaired) electrons. The maximum Gasteiger partial charge on any atom is 0.251 e. The normalized spacial score (nSPS) is 13.0. The molecule has 2 aromatic rings. The van der Waals surface area contributed by atoms with Crippen LogP contribution in [0.25, 0.3) is 0 Å². The molecule has 5 nitrogen and oxygen atoms in total. The predicted octanol–water partition coefficient (Wildman–Crippen LogP) is 3.48. The zero-order chi connectivity index (χ0) is 20.4. The fraction of sp³-hybridized carbons (Fsp3) is 0.316. The molecule has 2 aromatic carbocycles.